The van der Waals surface area contributed by atoms with Gasteiger partial charge < -0.3 is 14.7 Å². The first kappa shape index (κ1) is 11.5. The highest BCUT2D eigenvalue weighted by atomic mass is 16.3. The van der Waals surface area contributed by atoms with Crippen LogP contribution in [0.3, 0.4) is 0 Å². The van der Waals surface area contributed by atoms with Crippen molar-refractivity contribution in [2.75, 3.05) is 26.7 Å². The van der Waals surface area contributed by atoms with Crippen molar-refractivity contribution in [3.05, 3.63) is 29.9 Å². The fraction of sp³-hybridized carbons (Fsp3) is 0.462. The fourth-order valence-corrected chi connectivity index (χ4v) is 2.41. The summed E-state index contributed by atoms with van der Waals surface area (Å²) in [6.07, 6.45) is 1.68. The van der Waals surface area contributed by atoms with Crippen LogP contribution in [0, 0.1) is 6.92 Å². The summed E-state index contributed by atoms with van der Waals surface area (Å²) in [5, 5.41) is 3.40. The van der Waals surface area contributed by atoms with E-state index in [-0.39, 0.29) is 0 Å². The van der Waals surface area contributed by atoms with Gasteiger partial charge in [-0.15, -0.1) is 0 Å². The van der Waals surface area contributed by atoms with Crippen molar-refractivity contribution in [3.8, 4) is 11.5 Å². The summed E-state index contributed by atoms with van der Waals surface area (Å²) in [6, 6.07) is 4.13. The zero-order valence-electron chi connectivity index (χ0n) is 10.7. The van der Waals surface area contributed by atoms with Gasteiger partial charge in [-0.3, -0.25) is 4.90 Å². The predicted octanol–water partition coefficient (Wildman–Crippen LogP) is 1.55. The highest BCUT2D eigenvalue weighted by Crippen LogP contribution is 2.25. The van der Waals surface area contributed by atoms with E-state index in [1.54, 1.807) is 6.26 Å². The van der Waals surface area contributed by atoms with Crippen molar-refractivity contribution < 1.29 is 4.42 Å². The second-order valence-corrected chi connectivity index (χ2v) is 4.77. The molecule has 0 aromatic carbocycles. The molecule has 18 heavy (non-hydrogen) atoms. The summed E-state index contributed by atoms with van der Waals surface area (Å²) in [4.78, 5) is 10.4. The molecular weight excluding hydrogens is 228 g/mol. The average Bonchev–Trinajstić information content (AvgIpc) is 2.98. The number of rotatable bonds is 2. The Kier molecular flexibility index (Phi) is 2.93. The SMILES string of the molecule is Cc1[nH]c(C2CNCCN2C)nc1-c1ccco1. The quantitative estimate of drug-likeness (QED) is 0.844. The molecule has 1 atom stereocenters. The number of aryl methyl sites for hydroxylation is 1. The van der Waals surface area contributed by atoms with Gasteiger partial charge in [0.2, 0.25) is 0 Å². The molecule has 1 aliphatic rings. The van der Waals surface area contributed by atoms with Crippen molar-refractivity contribution in [3.63, 3.8) is 0 Å². The molecule has 0 spiro atoms. The summed E-state index contributed by atoms with van der Waals surface area (Å²) in [6.45, 7) is 5.05. The van der Waals surface area contributed by atoms with Gasteiger partial charge in [0.25, 0.3) is 0 Å². The Morgan fingerprint density at radius 1 is 1.50 bits per heavy atom. The minimum absolute atomic E-state index is 0.307. The van der Waals surface area contributed by atoms with Crippen molar-refractivity contribution in [1.29, 1.82) is 0 Å². The number of nitrogens with zero attached hydrogens (tertiary/aromatic N) is 2. The second kappa shape index (κ2) is 4.59. The highest BCUT2D eigenvalue weighted by molar-refractivity contribution is 5.55. The molecule has 0 amide bonds. The summed E-state index contributed by atoms with van der Waals surface area (Å²) in [7, 11) is 2.13. The van der Waals surface area contributed by atoms with E-state index in [4.69, 9.17) is 9.40 Å². The topological polar surface area (TPSA) is 57.1 Å². The van der Waals surface area contributed by atoms with Gasteiger partial charge in [0.05, 0.1) is 12.3 Å². The number of H-pyrrole nitrogens is 1. The highest BCUT2D eigenvalue weighted by Gasteiger charge is 2.24. The molecule has 3 heterocycles. The molecule has 3 rings (SSSR count). The van der Waals surface area contributed by atoms with Crippen LogP contribution in [-0.4, -0.2) is 41.5 Å². The minimum atomic E-state index is 0.307. The zero-order valence-corrected chi connectivity index (χ0v) is 10.7. The lowest BCUT2D eigenvalue weighted by molar-refractivity contribution is 0.195. The van der Waals surface area contributed by atoms with Crippen LogP contribution in [0.2, 0.25) is 0 Å². The van der Waals surface area contributed by atoms with Crippen LogP contribution in [0.5, 0.6) is 0 Å². The van der Waals surface area contributed by atoms with E-state index in [9.17, 15) is 0 Å². The molecule has 0 saturated carbocycles. The van der Waals surface area contributed by atoms with E-state index in [2.05, 4.69) is 22.2 Å². The lowest BCUT2D eigenvalue weighted by Crippen LogP contribution is -2.44. The van der Waals surface area contributed by atoms with Crippen LogP contribution in [0.25, 0.3) is 11.5 Å². The number of aromatic nitrogens is 2. The Hall–Kier alpha value is -1.59. The number of likely N-dealkylation sites (N-methyl/N-ethyl adjacent to an activating group) is 1. The van der Waals surface area contributed by atoms with Gasteiger partial charge in [-0.05, 0) is 26.1 Å². The number of furan rings is 1. The monoisotopic (exact) mass is 246 g/mol. The number of nitrogens with one attached hydrogen (secondary N) is 2. The molecule has 2 N–H and O–H groups in total. The largest absolute Gasteiger partial charge is 0.463 e. The standard InChI is InChI=1S/C13H18N4O/c1-9-12(11-4-3-7-18-11)16-13(15-9)10-8-14-5-6-17(10)2/h3-4,7,10,14H,5-6,8H2,1-2H3,(H,15,16). The normalized spacial score (nSPS) is 21.3. The van der Waals surface area contributed by atoms with Crippen LogP contribution in [0.1, 0.15) is 17.6 Å². The van der Waals surface area contributed by atoms with Crippen LogP contribution < -0.4 is 5.32 Å². The van der Waals surface area contributed by atoms with Gasteiger partial charge in [0.1, 0.15) is 11.5 Å². The van der Waals surface area contributed by atoms with Crippen molar-refractivity contribution in [2.45, 2.75) is 13.0 Å². The number of hydrogen-bond donors (Lipinski definition) is 2. The maximum absolute atomic E-state index is 5.42. The molecule has 96 valence electrons. The number of hydrogen-bond acceptors (Lipinski definition) is 4. The molecule has 0 radical (unpaired) electrons. The number of aromatic amines is 1. The van der Waals surface area contributed by atoms with Gasteiger partial charge in [-0.25, -0.2) is 4.98 Å². The van der Waals surface area contributed by atoms with E-state index < -0.39 is 0 Å². The van der Waals surface area contributed by atoms with Gasteiger partial charge >= 0.3 is 0 Å². The van der Waals surface area contributed by atoms with Crippen LogP contribution in [-0.2, 0) is 0 Å². The third kappa shape index (κ3) is 1.95. The Labute approximate surface area is 106 Å². The molecule has 1 unspecified atom stereocenters. The molecule has 2 aromatic heterocycles. The average molecular weight is 246 g/mol. The summed E-state index contributed by atoms with van der Waals surface area (Å²) in [5.74, 6) is 1.83. The third-order valence-corrected chi connectivity index (χ3v) is 3.48. The van der Waals surface area contributed by atoms with E-state index in [1.807, 2.05) is 19.1 Å². The first-order valence-corrected chi connectivity index (χ1v) is 6.27. The fourth-order valence-electron chi connectivity index (χ4n) is 2.41. The Balaban J connectivity index is 1.92. The van der Waals surface area contributed by atoms with E-state index in [0.29, 0.717) is 6.04 Å². The lowest BCUT2D eigenvalue weighted by atomic mass is 10.2. The molecule has 5 nitrogen and oxygen atoms in total. The van der Waals surface area contributed by atoms with Gasteiger partial charge in [0.15, 0.2) is 5.76 Å². The molecule has 1 saturated heterocycles. The molecule has 0 aliphatic carbocycles. The smallest absolute Gasteiger partial charge is 0.154 e. The Bertz CT molecular complexity index is 517. The van der Waals surface area contributed by atoms with Crippen molar-refractivity contribution >= 4 is 0 Å². The second-order valence-electron chi connectivity index (χ2n) is 4.77. The van der Waals surface area contributed by atoms with E-state index in [0.717, 1.165) is 42.6 Å². The molecule has 1 fully saturated rings. The van der Waals surface area contributed by atoms with Gasteiger partial charge in [-0.2, -0.15) is 0 Å². The Morgan fingerprint density at radius 2 is 2.39 bits per heavy atom. The minimum Gasteiger partial charge on any atom is -0.463 e. The maximum atomic E-state index is 5.42. The molecule has 0 bridgehead atoms. The molecule has 2 aromatic rings. The number of piperazine rings is 1. The molecule has 5 heteroatoms. The van der Waals surface area contributed by atoms with Gasteiger partial charge in [-0.1, -0.05) is 0 Å². The summed E-state index contributed by atoms with van der Waals surface area (Å²) >= 11 is 0. The van der Waals surface area contributed by atoms with Crippen LogP contribution in [0.15, 0.2) is 22.8 Å². The summed E-state index contributed by atoms with van der Waals surface area (Å²) in [5.41, 5.74) is 1.97. The van der Waals surface area contributed by atoms with Crippen molar-refractivity contribution in [2.24, 2.45) is 0 Å². The first-order valence-electron chi connectivity index (χ1n) is 6.27. The number of imidazole rings is 1. The zero-order chi connectivity index (χ0) is 12.5. The van der Waals surface area contributed by atoms with E-state index in [1.165, 1.54) is 0 Å². The maximum Gasteiger partial charge on any atom is 0.154 e. The lowest BCUT2D eigenvalue weighted by Gasteiger charge is -2.31. The predicted molar refractivity (Wildman–Crippen MR) is 69.3 cm³/mol. The molecular formula is C13H18N4O. The summed E-state index contributed by atoms with van der Waals surface area (Å²) < 4.78 is 5.42. The Morgan fingerprint density at radius 3 is 3.11 bits per heavy atom. The van der Waals surface area contributed by atoms with Gasteiger partial charge in [0, 0.05) is 25.3 Å². The third-order valence-electron chi connectivity index (χ3n) is 3.48. The first-order chi connectivity index (χ1) is 8.75. The van der Waals surface area contributed by atoms with Crippen molar-refractivity contribution in [1.82, 2.24) is 20.2 Å². The molecule has 1 aliphatic heterocycles. The van der Waals surface area contributed by atoms with Crippen LogP contribution in [0.4, 0.5) is 0 Å². The van der Waals surface area contributed by atoms with E-state index >= 15 is 0 Å². The van der Waals surface area contributed by atoms with Crippen LogP contribution >= 0.6 is 0 Å².